The minimum Gasteiger partial charge on any atom is -0.312 e. The Hall–Kier alpha value is -0.830. The van der Waals surface area contributed by atoms with E-state index in [4.69, 9.17) is 0 Å². The van der Waals surface area contributed by atoms with Gasteiger partial charge in [0.25, 0.3) is 0 Å². The summed E-state index contributed by atoms with van der Waals surface area (Å²) in [6.07, 6.45) is 5.13. The van der Waals surface area contributed by atoms with Gasteiger partial charge in [0.15, 0.2) is 0 Å². The van der Waals surface area contributed by atoms with Gasteiger partial charge < -0.3 is 5.32 Å². The third-order valence-electron chi connectivity index (χ3n) is 2.34. The van der Waals surface area contributed by atoms with Gasteiger partial charge in [-0.3, -0.25) is 4.68 Å². The predicted molar refractivity (Wildman–Crippen MR) is 59.4 cm³/mol. The van der Waals surface area contributed by atoms with Crippen LogP contribution in [0, 0.1) is 6.92 Å². The molecule has 0 radical (unpaired) electrons. The van der Waals surface area contributed by atoms with E-state index in [1.165, 1.54) is 5.56 Å². The molecule has 0 amide bonds. The average molecular weight is 195 g/mol. The first-order valence-electron chi connectivity index (χ1n) is 5.37. The van der Waals surface area contributed by atoms with E-state index in [0.717, 1.165) is 13.0 Å². The molecule has 0 aliphatic heterocycles. The van der Waals surface area contributed by atoms with Gasteiger partial charge in [0.1, 0.15) is 0 Å². The highest BCUT2D eigenvalue weighted by Crippen LogP contribution is 2.09. The maximum Gasteiger partial charge on any atom is 0.0641 e. The molecule has 1 unspecified atom stereocenters. The highest BCUT2D eigenvalue weighted by atomic mass is 15.3. The van der Waals surface area contributed by atoms with Gasteiger partial charge in [0, 0.05) is 18.8 Å². The van der Waals surface area contributed by atoms with Gasteiger partial charge in [-0.05, 0) is 18.9 Å². The Bertz CT molecular complexity index is 265. The minimum atomic E-state index is 0.478. The van der Waals surface area contributed by atoms with Crippen molar-refractivity contribution in [1.29, 1.82) is 0 Å². The number of hydrogen-bond donors (Lipinski definition) is 1. The zero-order chi connectivity index (χ0) is 10.6. The molecule has 1 aromatic heterocycles. The van der Waals surface area contributed by atoms with Crippen molar-refractivity contribution >= 4 is 0 Å². The molecule has 1 heterocycles. The van der Waals surface area contributed by atoms with E-state index in [2.05, 4.69) is 49.0 Å². The van der Waals surface area contributed by atoms with Crippen LogP contribution in [0.3, 0.4) is 0 Å². The lowest BCUT2D eigenvalue weighted by Crippen LogP contribution is -2.30. The second-order valence-corrected chi connectivity index (χ2v) is 4.12. The summed E-state index contributed by atoms with van der Waals surface area (Å²) in [5.41, 5.74) is 1.23. The summed E-state index contributed by atoms with van der Waals surface area (Å²) in [5.74, 6) is 0. The molecule has 0 bridgehead atoms. The molecule has 1 rings (SSSR count). The third-order valence-corrected chi connectivity index (χ3v) is 2.34. The fourth-order valence-corrected chi connectivity index (χ4v) is 1.43. The van der Waals surface area contributed by atoms with Crippen LogP contribution in [0.15, 0.2) is 12.4 Å². The van der Waals surface area contributed by atoms with Gasteiger partial charge in [-0.2, -0.15) is 5.10 Å². The Kier molecular flexibility index (Phi) is 4.14. The molecule has 1 atom stereocenters. The van der Waals surface area contributed by atoms with E-state index in [9.17, 15) is 0 Å². The van der Waals surface area contributed by atoms with Crippen molar-refractivity contribution in [3.05, 3.63) is 18.0 Å². The van der Waals surface area contributed by atoms with E-state index in [1.807, 2.05) is 6.20 Å². The van der Waals surface area contributed by atoms with Crippen LogP contribution in [0.5, 0.6) is 0 Å². The van der Waals surface area contributed by atoms with Crippen molar-refractivity contribution in [2.75, 3.05) is 6.54 Å². The Labute approximate surface area is 86.5 Å². The Balaban J connectivity index is 2.54. The van der Waals surface area contributed by atoms with Crippen molar-refractivity contribution in [2.24, 2.45) is 0 Å². The number of aromatic nitrogens is 2. The second-order valence-electron chi connectivity index (χ2n) is 4.12. The van der Waals surface area contributed by atoms with Crippen molar-refractivity contribution in [1.82, 2.24) is 15.1 Å². The Morgan fingerprint density at radius 3 is 2.64 bits per heavy atom. The molecule has 1 N–H and O–H groups in total. The molecule has 14 heavy (non-hydrogen) atoms. The van der Waals surface area contributed by atoms with Gasteiger partial charge in [-0.25, -0.2) is 0 Å². The molecular weight excluding hydrogens is 174 g/mol. The van der Waals surface area contributed by atoms with E-state index in [-0.39, 0.29) is 0 Å². The topological polar surface area (TPSA) is 29.9 Å². The fraction of sp³-hybridized carbons (Fsp3) is 0.727. The fourth-order valence-electron chi connectivity index (χ4n) is 1.43. The van der Waals surface area contributed by atoms with Crippen LogP contribution in [0.1, 0.15) is 38.8 Å². The number of rotatable bonds is 5. The van der Waals surface area contributed by atoms with Crippen LogP contribution in [0.4, 0.5) is 0 Å². The van der Waals surface area contributed by atoms with Gasteiger partial charge in [-0.15, -0.1) is 0 Å². The predicted octanol–water partition coefficient (Wildman–Crippen LogP) is 2.14. The van der Waals surface area contributed by atoms with E-state index >= 15 is 0 Å². The van der Waals surface area contributed by atoms with Gasteiger partial charge in [-0.1, -0.05) is 20.8 Å². The Morgan fingerprint density at radius 1 is 1.50 bits per heavy atom. The lowest BCUT2D eigenvalue weighted by atomic mass is 10.2. The summed E-state index contributed by atoms with van der Waals surface area (Å²) in [7, 11) is 0. The molecular formula is C11H21N3. The molecule has 0 aliphatic rings. The maximum absolute atomic E-state index is 4.34. The molecule has 0 aromatic carbocycles. The summed E-state index contributed by atoms with van der Waals surface area (Å²) >= 11 is 0. The number of hydrogen-bond acceptors (Lipinski definition) is 2. The van der Waals surface area contributed by atoms with Crippen LogP contribution in [0.2, 0.25) is 0 Å². The van der Waals surface area contributed by atoms with Crippen molar-refractivity contribution in [2.45, 2.75) is 46.2 Å². The number of aryl methyl sites for hydroxylation is 1. The van der Waals surface area contributed by atoms with Crippen LogP contribution in [-0.2, 0) is 0 Å². The zero-order valence-electron chi connectivity index (χ0n) is 9.62. The summed E-state index contributed by atoms with van der Waals surface area (Å²) in [6.45, 7) is 9.60. The van der Waals surface area contributed by atoms with Gasteiger partial charge in [0.2, 0.25) is 0 Å². The maximum atomic E-state index is 4.34. The highest BCUT2D eigenvalue weighted by Gasteiger charge is 2.09. The first-order chi connectivity index (χ1) is 6.63. The van der Waals surface area contributed by atoms with Gasteiger partial charge in [0.05, 0.1) is 12.2 Å². The smallest absolute Gasteiger partial charge is 0.0641 e. The lowest BCUT2D eigenvalue weighted by molar-refractivity contribution is 0.396. The highest BCUT2D eigenvalue weighted by molar-refractivity contribution is 5.00. The molecule has 0 aliphatic carbocycles. The van der Waals surface area contributed by atoms with E-state index in [0.29, 0.717) is 12.1 Å². The molecule has 3 nitrogen and oxygen atoms in total. The van der Waals surface area contributed by atoms with Crippen LogP contribution < -0.4 is 5.32 Å². The summed E-state index contributed by atoms with van der Waals surface area (Å²) in [4.78, 5) is 0. The Morgan fingerprint density at radius 2 is 2.21 bits per heavy atom. The minimum absolute atomic E-state index is 0.478. The lowest BCUT2D eigenvalue weighted by Gasteiger charge is -2.18. The zero-order valence-corrected chi connectivity index (χ0v) is 9.62. The molecule has 0 saturated carbocycles. The monoisotopic (exact) mass is 195 g/mol. The second kappa shape index (κ2) is 5.15. The largest absolute Gasteiger partial charge is 0.312 e. The van der Waals surface area contributed by atoms with Crippen molar-refractivity contribution in [3.63, 3.8) is 0 Å². The van der Waals surface area contributed by atoms with E-state index in [1.54, 1.807) is 0 Å². The molecule has 80 valence electrons. The quantitative estimate of drug-likeness (QED) is 0.780. The molecule has 0 spiro atoms. The first-order valence-corrected chi connectivity index (χ1v) is 5.37. The van der Waals surface area contributed by atoms with E-state index < -0.39 is 0 Å². The number of nitrogens with one attached hydrogen (secondary N) is 1. The summed E-state index contributed by atoms with van der Waals surface area (Å²) in [6, 6.07) is 1.02. The van der Waals surface area contributed by atoms with Crippen LogP contribution in [0.25, 0.3) is 0 Å². The molecule has 3 heteroatoms. The summed E-state index contributed by atoms with van der Waals surface area (Å²) in [5, 5.41) is 7.78. The van der Waals surface area contributed by atoms with Gasteiger partial charge >= 0.3 is 0 Å². The first kappa shape index (κ1) is 11.2. The molecule has 0 fully saturated rings. The van der Waals surface area contributed by atoms with Crippen LogP contribution in [-0.4, -0.2) is 22.4 Å². The molecule has 1 aromatic rings. The third kappa shape index (κ3) is 3.14. The van der Waals surface area contributed by atoms with Crippen molar-refractivity contribution in [3.8, 4) is 0 Å². The normalized spacial score (nSPS) is 13.5. The van der Waals surface area contributed by atoms with Crippen LogP contribution >= 0.6 is 0 Å². The summed E-state index contributed by atoms with van der Waals surface area (Å²) < 4.78 is 2.06. The molecule has 0 saturated heterocycles. The number of nitrogens with zero attached hydrogens (tertiary/aromatic N) is 2. The average Bonchev–Trinajstić information content (AvgIpc) is 2.53. The van der Waals surface area contributed by atoms with Crippen molar-refractivity contribution < 1.29 is 0 Å². The standard InChI is InChI=1S/C11H21N3/c1-5-11(7-12-9(2)3)14-8-10(4)6-13-14/h6,8-9,11-12H,5,7H2,1-4H3. The SMILES string of the molecule is CCC(CNC(C)C)n1cc(C)cn1.